The van der Waals surface area contributed by atoms with Gasteiger partial charge in [0.15, 0.2) is 16.8 Å². The Kier molecular flexibility index (Phi) is 8.78. The summed E-state index contributed by atoms with van der Waals surface area (Å²) in [5.74, 6) is -2.15. The average molecular weight is 506 g/mol. The Morgan fingerprint density at radius 3 is 2.73 bits per heavy atom. The average Bonchev–Trinajstić information content (AvgIpc) is 2.79. The van der Waals surface area contributed by atoms with E-state index >= 15 is 0 Å². The Hall–Kier alpha value is -2.10. The predicted molar refractivity (Wildman–Crippen MR) is 118 cm³/mol. The van der Waals surface area contributed by atoms with Crippen molar-refractivity contribution >= 4 is 27.8 Å². The summed E-state index contributed by atoms with van der Waals surface area (Å²) in [4.78, 5) is 8.33. The second-order valence-electron chi connectivity index (χ2n) is 7.20. The first-order valence-electron chi connectivity index (χ1n) is 10.1. The van der Waals surface area contributed by atoms with Gasteiger partial charge in [0.2, 0.25) is 5.88 Å². The van der Waals surface area contributed by atoms with Crippen molar-refractivity contribution in [3.8, 4) is 5.88 Å². The van der Waals surface area contributed by atoms with E-state index in [0.717, 1.165) is 17.8 Å². The number of halogens is 2. The Labute approximate surface area is 194 Å². The molecule has 1 aromatic heterocycles. The van der Waals surface area contributed by atoms with E-state index in [0.29, 0.717) is 13.1 Å². The molecular weight excluding hydrogens is 480 g/mol. The predicted octanol–water partition coefficient (Wildman–Crippen LogP) is 0.729. The van der Waals surface area contributed by atoms with Crippen LogP contribution in [0.4, 0.5) is 14.6 Å². The van der Waals surface area contributed by atoms with Gasteiger partial charge in [0.25, 0.3) is 0 Å². The lowest BCUT2D eigenvalue weighted by Gasteiger charge is -2.26. The molecule has 2 heterocycles. The number of rotatable bonds is 10. The highest BCUT2D eigenvalue weighted by molar-refractivity contribution is 7.98. The van der Waals surface area contributed by atoms with Gasteiger partial charge in [-0.2, -0.15) is 17.7 Å². The molecule has 1 aliphatic rings. The van der Waals surface area contributed by atoms with Crippen molar-refractivity contribution in [2.45, 2.75) is 30.0 Å². The van der Waals surface area contributed by atoms with E-state index in [2.05, 4.69) is 20.0 Å². The molecule has 33 heavy (non-hydrogen) atoms. The summed E-state index contributed by atoms with van der Waals surface area (Å²) >= 11 is 0.948. The number of aliphatic hydroxyl groups excluding tert-OH is 2. The zero-order valence-electron chi connectivity index (χ0n) is 17.7. The van der Waals surface area contributed by atoms with Crippen molar-refractivity contribution in [1.82, 2.24) is 19.6 Å². The summed E-state index contributed by atoms with van der Waals surface area (Å²) in [7, 11) is -3.91. The molecule has 1 aromatic carbocycles. The number of hydrogen-bond donors (Lipinski definition) is 4. The number of hydrogen-bond acceptors (Lipinski definition) is 9. The number of piperazine rings is 1. The van der Waals surface area contributed by atoms with Crippen LogP contribution in [0, 0.1) is 11.6 Å². The number of aliphatic hydroxyl groups is 2. The molecule has 1 aliphatic heterocycles. The van der Waals surface area contributed by atoms with Gasteiger partial charge in [0, 0.05) is 43.6 Å². The third-order valence-corrected chi connectivity index (χ3v) is 7.16. The van der Waals surface area contributed by atoms with Crippen LogP contribution in [-0.4, -0.2) is 77.9 Å². The molecule has 4 N–H and O–H groups in total. The molecule has 14 heteroatoms. The van der Waals surface area contributed by atoms with Crippen molar-refractivity contribution in [2.24, 2.45) is 0 Å². The highest BCUT2D eigenvalue weighted by Crippen LogP contribution is 2.27. The topological polar surface area (TPSA) is 137 Å². The van der Waals surface area contributed by atoms with Gasteiger partial charge in [0.1, 0.15) is 18.0 Å². The van der Waals surface area contributed by atoms with Crippen LogP contribution in [0.2, 0.25) is 0 Å². The monoisotopic (exact) mass is 505 g/mol. The molecule has 0 spiro atoms. The smallest absolute Gasteiger partial charge is 0.302 e. The van der Waals surface area contributed by atoms with Crippen molar-refractivity contribution in [1.29, 1.82) is 0 Å². The molecule has 1 saturated heterocycles. The summed E-state index contributed by atoms with van der Waals surface area (Å²) in [6, 6.07) is 5.04. The molecule has 10 nitrogen and oxygen atoms in total. The maximum absolute atomic E-state index is 14.0. The van der Waals surface area contributed by atoms with Crippen LogP contribution in [0.1, 0.15) is 12.5 Å². The van der Waals surface area contributed by atoms with Crippen LogP contribution in [-0.2, 0) is 16.0 Å². The molecule has 182 valence electrons. The largest absolute Gasteiger partial charge is 0.472 e. The van der Waals surface area contributed by atoms with Gasteiger partial charge >= 0.3 is 10.2 Å². The molecular formula is C19H25F2N5O5S2. The second kappa shape index (κ2) is 11.4. The van der Waals surface area contributed by atoms with Gasteiger partial charge in [-0.25, -0.2) is 13.8 Å². The molecule has 1 fully saturated rings. The number of nitrogens with one attached hydrogen (secondary N) is 2. The van der Waals surface area contributed by atoms with Crippen molar-refractivity contribution in [3.63, 3.8) is 0 Å². The Balaban J connectivity index is 1.84. The number of aromatic nitrogens is 2. The van der Waals surface area contributed by atoms with Gasteiger partial charge in [-0.05, 0) is 13.0 Å². The Morgan fingerprint density at radius 2 is 2.03 bits per heavy atom. The Bertz CT molecular complexity index is 1060. The maximum atomic E-state index is 14.0. The SMILES string of the molecule is C[C@@H](Oc1cc(NS(=O)(=O)N2CCNCC2)nc(SCc2cccc(F)c2F)n1)[C@H](O)CO. The van der Waals surface area contributed by atoms with Gasteiger partial charge < -0.3 is 20.3 Å². The third-order valence-electron chi connectivity index (χ3n) is 4.76. The van der Waals surface area contributed by atoms with E-state index in [1.54, 1.807) is 0 Å². The minimum atomic E-state index is -3.91. The van der Waals surface area contributed by atoms with E-state index in [-0.39, 0.29) is 41.3 Å². The molecule has 0 amide bonds. The molecule has 0 radical (unpaired) electrons. The number of nitrogens with zero attached hydrogens (tertiary/aromatic N) is 3. The van der Waals surface area contributed by atoms with Gasteiger partial charge in [-0.1, -0.05) is 23.9 Å². The summed E-state index contributed by atoms with van der Waals surface area (Å²) in [5.41, 5.74) is 0.0851. The van der Waals surface area contributed by atoms with Crippen molar-refractivity contribution < 1.29 is 32.1 Å². The normalized spacial score (nSPS) is 16.9. The van der Waals surface area contributed by atoms with Gasteiger partial charge in [0.05, 0.1) is 6.61 Å². The van der Waals surface area contributed by atoms with Crippen LogP contribution >= 0.6 is 11.8 Å². The second-order valence-corrected chi connectivity index (χ2v) is 9.82. The molecule has 0 bridgehead atoms. The van der Waals surface area contributed by atoms with Gasteiger partial charge in [-0.3, -0.25) is 4.72 Å². The Morgan fingerprint density at radius 1 is 1.30 bits per heavy atom. The van der Waals surface area contributed by atoms with E-state index in [9.17, 15) is 22.3 Å². The summed E-state index contributed by atoms with van der Waals surface area (Å²) in [6.45, 7) is 2.54. The highest BCUT2D eigenvalue weighted by Gasteiger charge is 2.25. The quantitative estimate of drug-likeness (QED) is 0.272. The molecule has 3 rings (SSSR count). The van der Waals surface area contributed by atoms with Gasteiger partial charge in [-0.15, -0.1) is 0 Å². The number of ether oxygens (including phenoxy) is 1. The van der Waals surface area contributed by atoms with Crippen LogP contribution < -0.4 is 14.8 Å². The summed E-state index contributed by atoms with van der Waals surface area (Å²) < 4.78 is 62.1. The van der Waals surface area contributed by atoms with Crippen LogP contribution in [0.5, 0.6) is 5.88 Å². The fourth-order valence-corrected chi connectivity index (χ4v) is 4.87. The summed E-state index contributed by atoms with van der Waals surface area (Å²) in [5, 5.41) is 22.0. The lowest BCUT2D eigenvalue weighted by molar-refractivity contribution is 0.00599. The van der Waals surface area contributed by atoms with Crippen LogP contribution in [0.25, 0.3) is 0 Å². The highest BCUT2D eigenvalue weighted by atomic mass is 32.2. The molecule has 0 unspecified atom stereocenters. The first kappa shape index (κ1) is 25.5. The molecule has 0 saturated carbocycles. The third kappa shape index (κ3) is 6.94. The fraction of sp³-hybridized carbons (Fsp3) is 0.474. The zero-order valence-corrected chi connectivity index (χ0v) is 19.4. The molecule has 0 aliphatic carbocycles. The number of anilines is 1. The minimum Gasteiger partial charge on any atom is -0.472 e. The summed E-state index contributed by atoms with van der Waals surface area (Å²) in [6.07, 6.45) is -2.06. The van der Waals surface area contributed by atoms with Crippen molar-refractivity contribution in [2.75, 3.05) is 37.5 Å². The standard InChI is InChI=1S/C19H25F2N5O5S2/c1-12(15(28)10-27)31-17-9-16(25-33(29,30)26-7-5-22-6-8-26)23-19(24-17)32-11-13-3-2-4-14(20)18(13)21/h2-4,9,12,15,22,27-28H,5-8,10-11H2,1H3,(H,23,24,25)/t12-,15-/m1/s1. The van der Waals surface area contributed by atoms with Crippen LogP contribution in [0.15, 0.2) is 29.4 Å². The number of thioether (sulfide) groups is 1. The first-order valence-corrected chi connectivity index (χ1v) is 12.5. The van der Waals surface area contributed by atoms with Crippen LogP contribution in [0.3, 0.4) is 0 Å². The van der Waals surface area contributed by atoms with E-state index < -0.39 is 40.7 Å². The van der Waals surface area contributed by atoms with E-state index in [1.807, 2.05) is 0 Å². The zero-order chi connectivity index (χ0) is 24.0. The van der Waals surface area contributed by atoms with E-state index in [1.165, 1.54) is 29.4 Å². The van der Waals surface area contributed by atoms with Crippen molar-refractivity contribution in [3.05, 3.63) is 41.5 Å². The minimum absolute atomic E-state index is 0.0220. The van der Waals surface area contributed by atoms with E-state index in [4.69, 9.17) is 9.84 Å². The lowest BCUT2D eigenvalue weighted by Crippen LogP contribution is -2.48. The molecule has 2 atom stereocenters. The first-order chi connectivity index (χ1) is 15.7. The lowest BCUT2D eigenvalue weighted by atomic mass is 10.2. The fourth-order valence-electron chi connectivity index (χ4n) is 2.88. The maximum Gasteiger partial charge on any atom is 0.302 e. The number of benzene rings is 1. The molecule has 2 aromatic rings.